The highest BCUT2D eigenvalue weighted by Gasteiger charge is 2.46. The van der Waals surface area contributed by atoms with Gasteiger partial charge in [0.05, 0.1) is 11.1 Å². The summed E-state index contributed by atoms with van der Waals surface area (Å²) >= 11 is 0. The summed E-state index contributed by atoms with van der Waals surface area (Å²) < 4.78 is 5.43. The first-order valence-corrected chi connectivity index (χ1v) is 9.11. The Balaban J connectivity index is 1.71. The molecule has 1 saturated heterocycles. The number of carbonyl (C=O) groups is 6. The lowest BCUT2D eigenvalue weighted by atomic mass is 10.0. The Morgan fingerprint density at radius 3 is 2.76 bits per heavy atom. The van der Waals surface area contributed by atoms with Crippen molar-refractivity contribution in [2.45, 2.75) is 31.7 Å². The lowest BCUT2D eigenvalue weighted by Gasteiger charge is -2.27. The van der Waals surface area contributed by atoms with E-state index in [1.807, 2.05) is 0 Å². The average Bonchev–Trinajstić information content (AvgIpc) is 2.95. The third kappa shape index (κ3) is 4.15. The van der Waals surface area contributed by atoms with Gasteiger partial charge in [0, 0.05) is 19.4 Å². The number of nitrogens with zero attached hydrogens (tertiary/aromatic N) is 1. The number of aldehydes is 1. The third-order valence-electron chi connectivity index (χ3n) is 4.61. The maximum atomic E-state index is 12.9. The van der Waals surface area contributed by atoms with Gasteiger partial charge in [-0.15, -0.1) is 0 Å². The molecule has 5 amide bonds. The normalized spacial score (nSPS) is 18.3. The van der Waals surface area contributed by atoms with Crippen LogP contribution in [0.4, 0.5) is 0 Å². The number of fused-ring (bicyclic) bond motifs is 1. The Kier molecular flexibility index (Phi) is 6.01. The molecule has 10 heteroatoms. The molecule has 1 fully saturated rings. The molecule has 2 aliphatic rings. The fourth-order valence-corrected chi connectivity index (χ4v) is 3.21. The number of piperidine rings is 1. The van der Waals surface area contributed by atoms with Crippen LogP contribution < -0.4 is 15.4 Å². The van der Waals surface area contributed by atoms with Crippen molar-refractivity contribution in [1.29, 1.82) is 0 Å². The van der Waals surface area contributed by atoms with Crippen molar-refractivity contribution >= 4 is 35.8 Å². The van der Waals surface area contributed by atoms with Crippen molar-refractivity contribution < 1.29 is 33.5 Å². The second-order valence-corrected chi connectivity index (χ2v) is 6.57. The molecule has 3 rings (SSSR count). The zero-order valence-corrected chi connectivity index (χ0v) is 15.4. The van der Waals surface area contributed by atoms with E-state index in [1.165, 1.54) is 18.2 Å². The van der Waals surface area contributed by atoms with Crippen LogP contribution in [0, 0.1) is 0 Å². The Labute approximate surface area is 165 Å². The molecule has 29 heavy (non-hydrogen) atoms. The predicted octanol–water partition coefficient (Wildman–Crippen LogP) is -0.438. The first kappa shape index (κ1) is 20.2. The SMILES string of the molecule is O=CCCCNC(=O)COc1cccc2c1C(=O)N(C1CCC(=O)NC1=O)C2=O. The second kappa shape index (κ2) is 8.63. The van der Waals surface area contributed by atoms with Crippen LogP contribution in [-0.2, 0) is 19.2 Å². The summed E-state index contributed by atoms with van der Waals surface area (Å²) in [7, 11) is 0. The fraction of sp³-hybridized carbons (Fsp3) is 0.368. The summed E-state index contributed by atoms with van der Waals surface area (Å²) in [6.07, 6.45) is 1.67. The Morgan fingerprint density at radius 2 is 2.03 bits per heavy atom. The van der Waals surface area contributed by atoms with Gasteiger partial charge in [-0.05, 0) is 25.0 Å². The second-order valence-electron chi connectivity index (χ2n) is 6.57. The molecular formula is C19H19N3O7. The minimum absolute atomic E-state index is 0.0176. The monoisotopic (exact) mass is 401 g/mol. The standard InChI is InChI=1S/C19H19N3O7/c23-9-2-1-8-20-15(25)10-29-13-5-3-4-11-16(13)19(28)22(18(11)27)12-6-7-14(24)21-17(12)26/h3-5,9,12H,1-2,6-8,10H2,(H,20,25)(H,21,24,26). The van der Waals surface area contributed by atoms with E-state index >= 15 is 0 Å². The molecule has 0 aliphatic carbocycles. The lowest BCUT2D eigenvalue weighted by Crippen LogP contribution is -2.54. The topological polar surface area (TPSA) is 139 Å². The summed E-state index contributed by atoms with van der Waals surface area (Å²) in [6.45, 7) is -0.0635. The van der Waals surface area contributed by atoms with Crippen LogP contribution in [0.2, 0.25) is 0 Å². The Hall–Kier alpha value is -3.56. The number of amides is 5. The van der Waals surface area contributed by atoms with Gasteiger partial charge in [-0.1, -0.05) is 6.07 Å². The van der Waals surface area contributed by atoms with E-state index in [2.05, 4.69) is 10.6 Å². The van der Waals surface area contributed by atoms with E-state index in [9.17, 15) is 28.8 Å². The highest BCUT2D eigenvalue weighted by molar-refractivity contribution is 6.24. The van der Waals surface area contributed by atoms with Crippen LogP contribution >= 0.6 is 0 Å². The molecule has 2 aliphatic heterocycles. The van der Waals surface area contributed by atoms with Crippen LogP contribution in [0.3, 0.4) is 0 Å². The highest BCUT2D eigenvalue weighted by atomic mass is 16.5. The van der Waals surface area contributed by atoms with E-state index in [0.717, 1.165) is 11.2 Å². The van der Waals surface area contributed by atoms with Gasteiger partial charge >= 0.3 is 0 Å². The first-order valence-electron chi connectivity index (χ1n) is 9.11. The number of benzene rings is 1. The zero-order chi connectivity index (χ0) is 21.0. The molecule has 152 valence electrons. The summed E-state index contributed by atoms with van der Waals surface area (Å²) in [6, 6.07) is 3.33. The van der Waals surface area contributed by atoms with Crippen molar-refractivity contribution in [3.63, 3.8) is 0 Å². The Bertz CT molecular complexity index is 896. The van der Waals surface area contributed by atoms with Gasteiger partial charge in [-0.2, -0.15) is 0 Å². The number of imide groups is 2. The van der Waals surface area contributed by atoms with Crippen LogP contribution in [0.15, 0.2) is 18.2 Å². The Morgan fingerprint density at radius 1 is 1.24 bits per heavy atom. The fourth-order valence-electron chi connectivity index (χ4n) is 3.21. The van der Waals surface area contributed by atoms with Gasteiger partial charge in [0.2, 0.25) is 11.8 Å². The van der Waals surface area contributed by atoms with Crippen molar-refractivity contribution in [2.24, 2.45) is 0 Å². The maximum absolute atomic E-state index is 12.9. The maximum Gasteiger partial charge on any atom is 0.266 e. The molecule has 0 bridgehead atoms. The van der Waals surface area contributed by atoms with E-state index in [1.54, 1.807) is 0 Å². The number of nitrogens with one attached hydrogen (secondary N) is 2. The molecule has 0 radical (unpaired) electrons. The minimum atomic E-state index is -1.07. The molecule has 1 unspecified atom stereocenters. The number of carbonyl (C=O) groups excluding carboxylic acids is 6. The quantitative estimate of drug-likeness (QED) is 0.342. The van der Waals surface area contributed by atoms with Crippen molar-refractivity contribution in [1.82, 2.24) is 15.5 Å². The lowest BCUT2D eigenvalue weighted by molar-refractivity contribution is -0.136. The smallest absolute Gasteiger partial charge is 0.266 e. The largest absolute Gasteiger partial charge is 0.483 e. The number of rotatable bonds is 8. The molecule has 0 aromatic heterocycles. The van der Waals surface area contributed by atoms with Gasteiger partial charge in [0.25, 0.3) is 17.7 Å². The molecule has 2 N–H and O–H groups in total. The minimum Gasteiger partial charge on any atom is -0.483 e. The molecule has 0 spiro atoms. The first-order chi connectivity index (χ1) is 13.9. The van der Waals surface area contributed by atoms with Crippen molar-refractivity contribution in [2.75, 3.05) is 13.2 Å². The summed E-state index contributed by atoms with van der Waals surface area (Å²) in [5.74, 6) is -2.89. The van der Waals surface area contributed by atoms with Crippen LogP contribution in [0.5, 0.6) is 5.75 Å². The zero-order valence-electron chi connectivity index (χ0n) is 15.4. The van der Waals surface area contributed by atoms with Gasteiger partial charge in [0.15, 0.2) is 6.61 Å². The van der Waals surface area contributed by atoms with Gasteiger partial charge in [-0.3, -0.25) is 34.2 Å². The van der Waals surface area contributed by atoms with E-state index in [0.29, 0.717) is 19.4 Å². The number of ether oxygens (including phenoxy) is 1. The van der Waals surface area contributed by atoms with Crippen molar-refractivity contribution in [3.8, 4) is 5.75 Å². The summed E-state index contributed by atoms with van der Waals surface area (Å²) in [5, 5.41) is 4.70. The van der Waals surface area contributed by atoms with Gasteiger partial charge in [0.1, 0.15) is 18.1 Å². The van der Waals surface area contributed by atoms with Crippen LogP contribution in [0.25, 0.3) is 0 Å². The van der Waals surface area contributed by atoms with Gasteiger partial charge in [-0.25, -0.2) is 0 Å². The van der Waals surface area contributed by atoms with Crippen LogP contribution in [0.1, 0.15) is 46.4 Å². The number of hydrogen-bond acceptors (Lipinski definition) is 7. The third-order valence-corrected chi connectivity index (χ3v) is 4.61. The molecule has 0 saturated carbocycles. The molecule has 2 heterocycles. The molecule has 1 aromatic rings. The van der Waals surface area contributed by atoms with Crippen LogP contribution in [-0.4, -0.2) is 59.9 Å². The van der Waals surface area contributed by atoms with E-state index < -0.39 is 35.6 Å². The highest BCUT2D eigenvalue weighted by Crippen LogP contribution is 2.33. The number of unbranched alkanes of at least 4 members (excludes halogenated alkanes) is 1. The summed E-state index contributed by atoms with van der Waals surface area (Å²) in [4.78, 5) is 71.9. The molecule has 1 aromatic carbocycles. The summed E-state index contributed by atoms with van der Waals surface area (Å²) in [5.41, 5.74) is 0.0551. The predicted molar refractivity (Wildman–Crippen MR) is 96.9 cm³/mol. The molecular weight excluding hydrogens is 382 g/mol. The number of hydrogen-bond donors (Lipinski definition) is 2. The molecule has 10 nitrogen and oxygen atoms in total. The van der Waals surface area contributed by atoms with E-state index in [-0.39, 0.29) is 36.3 Å². The van der Waals surface area contributed by atoms with Gasteiger partial charge < -0.3 is 14.8 Å². The average molecular weight is 401 g/mol. The van der Waals surface area contributed by atoms with E-state index in [4.69, 9.17) is 4.74 Å². The van der Waals surface area contributed by atoms with Crippen molar-refractivity contribution in [3.05, 3.63) is 29.3 Å². The molecule has 1 atom stereocenters.